The van der Waals surface area contributed by atoms with Crippen molar-refractivity contribution in [2.24, 2.45) is 11.8 Å². The number of benzene rings is 1. The Hall–Kier alpha value is -1.42. The normalized spacial score (nSPS) is 12.5. The van der Waals surface area contributed by atoms with Gasteiger partial charge in [0.2, 0.25) is 0 Å². The van der Waals surface area contributed by atoms with Crippen LogP contribution in [0, 0.1) is 11.8 Å². The third-order valence-electron chi connectivity index (χ3n) is 3.08. The molecule has 0 saturated heterocycles. The standard InChI is InChI=1S/C13H19ClN2O2/c1-7(2)8(3)6-16-12-10(13(17)18)4-9(15)5-11(12)14/h4-5,7-8,16H,6,15H2,1-3H3,(H,17,18). The lowest BCUT2D eigenvalue weighted by atomic mass is 9.98. The van der Waals surface area contributed by atoms with Gasteiger partial charge < -0.3 is 16.2 Å². The lowest BCUT2D eigenvalue weighted by Gasteiger charge is -2.19. The molecule has 4 N–H and O–H groups in total. The first-order valence-corrected chi connectivity index (χ1v) is 6.27. The zero-order valence-electron chi connectivity index (χ0n) is 10.8. The number of aromatic carboxylic acids is 1. The number of carbonyl (C=O) groups is 1. The molecule has 0 radical (unpaired) electrons. The average molecular weight is 271 g/mol. The van der Waals surface area contributed by atoms with Crippen LogP contribution >= 0.6 is 11.6 Å². The summed E-state index contributed by atoms with van der Waals surface area (Å²) in [6.07, 6.45) is 0. The summed E-state index contributed by atoms with van der Waals surface area (Å²) >= 11 is 6.04. The fraction of sp³-hybridized carbons (Fsp3) is 0.462. The molecule has 1 aromatic carbocycles. The molecule has 1 rings (SSSR count). The predicted molar refractivity (Wildman–Crippen MR) is 75.3 cm³/mol. The molecule has 0 aliphatic carbocycles. The van der Waals surface area contributed by atoms with Crippen LogP contribution in [0.2, 0.25) is 5.02 Å². The van der Waals surface area contributed by atoms with Gasteiger partial charge in [-0.3, -0.25) is 0 Å². The predicted octanol–water partition coefficient (Wildman–Crippen LogP) is 3.32. The van der Waals surface area contributed by atoms with Gasteiger partial charge in [0.1, 0.15) is 0 Å². The summed E-state index contributed by atoms with van der Waals surface area (Å²) < 4.78 is 0. The summed E-state index contributed by atoms with van der Waals surface area (Å²) in [5.74, 6) is -0.109. The molecule has 0 saturated carbocycles. The van der Waals surface area contributed by atoms with E-state index in [1.165, 1.54) is 6.07 Å². The van der Waals surface area contributed by atoms with Crippen LogP contribution in [0.1, 0.15) is 31.1 Å². The van der Waals surface area contributed by atoms with E-state index in [1.807, 2.05) is 0 Å². The van der Waals surface area contributed by atoms with Crippen LogP contribution in [-0.4, -0.2) is 17.6 Å². The molecule has 18 heavy (non-hydrogen) atoms. The van der Waals surface area contributed by atoms with Crippen LogP contribution in [0.4, 0.5) is 11.4 Å². The number of rotatable bonds is 5. The van der Waals surface area contributed by atoms with Crippen molar-refractivity contribution in [3.63, 3.8) is 0 Å². The molecule has 0 fully saturated rings. The first kappa shape index (κ1) is 14.6. The number of nitrogens with one attached hydrogen (secondary N) is 1. The molecule has 100 valence electrons. The number of anilines is 2. The highest BCUT2D eigenvalue weighted by Gasteiger charge is 2.16. The van der Waals surface area contributed by atoms with Crippen LogP contribution in [-0.2, 0) is 0 Å². The molecule has 1 aromatic rings. The van der Waals surface area contributed by atoms with Gasteiger partial charge in [0.25, 0.3) is 0 Å². The first-order valence-electron chi connectivity index (χ1n) is 5.89. The second kappa shape index (κ2) is 5.96. The summed E-state index contributed by atoms with van der Waals surface area (Å²) in [6, 6.07) is 2.97. The fourth-order valence-electron chi connectivity index (χ4n) is 1.47. The van der Waals surface area contributed by atoms with Crippen molar-refractivity contribution in [1.82, 2.24) is 0 Å². The lowest BCUT2D eigenvalue weighted by Crippen LogP contribution is -2.18. The minimum Gasteiger partial charge on any atom is -0.478 e. The van der Waals surface area contributed by atoms with Crippen molar-refractivity contribution in [1.29, 1.82) is 0 Å². The second-order valence-electron chi connectivity index (χ2n) is 4.83. The van der Waals surface area contributed by atoms with Crippen molar-refractivity contribution < 1.29 is 9.90 Å². The first-order chi connectivity index (χ1) is 8.32. The summed E-state index contributed by atoms with van der Waals surface area (Å²) in [5.41, 5.74) is 6.49. The molecule has 0 aliphatic heterocycles. The zero-order valence-corrected chi connectivity index (χ0v) is 11.6. The Balaban J connectivity index is 2.97. The van der Waals surface area contributed by atoms with E-state index in [2.05, 4.69) is 26.1 Å². The lowest BCUT2D eigenvalue weighted by molar-refractivity contribution is 0.0698. The average Bonchev–Trinajstić information content (AvgIpc) is 2.26. The van der Waals surface area contributed by atoms with Crippen LogP contribution in [0.5, 0.6) is 0 Å². The van der Waals surface area contributed by atoms with E-state index >= 15 is 0 Å². The van der Waals surface area contributed by atoms with Gasteiger partial charge in [-0.1, -0.05) is 32.4 Å². The Bertz CT molecular complexity index is 447. The van der Waals surface area contributed by atoms with Gasteiger partial charge in [0.05, 0.1) is 16.3 Å². The number of hydrogen-bond acceptors (Lipinski definition) is 3. The Kier molecular flexibility index (Phi) is 4.84. The largest absolute Gasteiger partial charge is 0.478 e. The topological polar surface area (TPSA) is 75.3 Å². The number of carboxylic acid groups (broad SMARTS) is 1. The third-order valence-corrected chi connectivity index (χ3v) is 3.38. The number of hydrogen-bond donors (Lipinski definition) is 3. The highest BCUT2D eigenvalue weighted by molar-refractivity contribution is 6.34. The monoisotopic (exact) mass is 270 g/mol. The molecule has 0 aromatic heterocycles. The van der Waals surface area contributed by atoms with Crippen LogP contribution in [0.3, 0.4) is 0 Å². The van der Waals surface area contributed by atoms with Gasteiger partial charge >= 0.3 is 5.97 Å². The highest BCUT2D eigenvalue weighted by atomic mass is 35.5. The molecule has 0 aliphatic rings. The van der Waals surface area contributed by atoms with Gasteiger partial charge in [-0.05, 0) is 24.0 Å². The molecular weight excluding hydrogens is 252 g/mol. The van der Waals surface area contributed by atoms with Crippen molar-refractivity contribution in [3.05, 3.63) is 22.7 Å². The van der Waals surface area contributed by atoms with Crippen LogP contribution in [0.25, 0.3) is 0 Å². The molecule has 0 heterocycles. The van der Waals surface area contributed by atoms with Crippen LogP contribution < -0.4 is 11.1 Å². The van der Waals surface area contributed by atoms with E-state index in [9.17, 15) is 4.79 Å². The maximum absolute atomic E-state index is 11.2. The summed E-state index contributed by atoms with van der Waals surface area (Å²) in [4.78, 5) is 11.2. The Labute approximate surface area is 112 Å². The van der Waals surface area contributed by atoms with Gasteiger partial charge in [0.15, 0.2) is 0 Å². The summed E-state index contributed by atoms with van der Waals surface area (Å²) in [5, 5.41) is 12.6. The second-order valence-corrected chi connectivity index (χ2v) is 5.24. The zero-order chi connectivity index (χ0) is 13.9. The molecule has 4 nitrogen and oxygen atoms in total. The van der Waals surface area contributed by atoms with Gasteiger partial charge in [-0.2, -0.15) is 0 Å². The number of nitrogen functional groups attached to an aromatic ring is 1. The number of nitrogens with two attached hydrogens (primary N) is 1. The summed E-state index contributed by atoms with van der Waals surface area (Å²) in [6.45, 7) is 7.01. The molecule has 0 bridgehead atoms. The van der Waals surface area contributed by atoms with Gasteiger partial charge in [-0.25, -0.2) is 4.79 Å². The molecule has 1 atom stereocenters. The number of carboxylic acids is 1. The molecule has 5 heteroatoms. The molecule has 0 spiro atoms. The smallest absolute Gasteiger partial charge is 0.337 e. The minimum atomic E-state index is -1.04. The minimum absolute atomic E-state index is 0.107. The quantitative estimate of drug-likeness (QED) is 0.718. The highest BCUT2D eigenvalue weighted by Crippen LogP contribution is 2.29. The maximum Gasteiger partial charge on any atom is 0.337 e. The van der Waals surface area contributed by atoms with Crippen LogP contribution in [0.15, 0.2) is 12.1 Å². The van der Waals surface area contributed by atoms with Gasteiger partial charge in [-0.15, -0.1) is 0 Å². The third kappa shape index (κ3) is 3.53. The fourth-order valence-corrected chi connectivity index (χ4v) is 1.77. The van der Waals surface area contributed by atoms with E-state index in [4.69, 9.17) is 22.4 Å². The Morgan fingerprint density at radius 1 is 1.44 bits per heavy atom. The van der Waals surface area contributed by atoms with Crippen molar-refractivity contribution in [2.45, 2.75) is 20.8 Å². The van der Waals surface area contributed by atoms with Crippen molar-refractivity contribution in [3.8, 4) is 0 Å². The van der Waals surface area contributed by atoms with E-state index in [0.717, 1.165) is 0 Å². The van der Waals surface area contributed by atoms with Crippen molar-refractivity contribution in [2.75, 3.05) is 17.6 Å². The Morgan fingerprint density at radius 2 is 2.06 bits per heavy atom. The van der Waals surface area contributed by atoms with E-state index in [-0.39, 0.29) is 5.56 Å². The van der Waals surface area contributed by atoms with Gasteiger partial charge in [0, 0.05) is 12.2 Å². The number of halogens is 1. The SMILES string of the molecule is CC(C)C(C)CNc1c(Cl)cc(N)cc1C(=O)O. The Morgan fingerprint density at radius 3 is 2.56 bits per heavy atom. The van der Waals surface area contributed by atoms with E-state index in [1.54, 1.807) is 6.07 Å². The van der Waals surface area contributed by atoms with Crippen molar-refractivity contribution >= 4 is 28.9 Å². The summed E-state index contributed by atoms with van der Waals surface area (Å²) in [7, 11) is 0. The van der Waals surface area contributed by atoms with E-state index in [0.29, 0.717) is 34.8 Å². The van der Waals surface area contributed by atoms with E-state index < -0.39 is 5.97 Å². The molecule has 0 amide bonds. The maximum atomic E-state index is 11.2. The molecule has 1 unspecified atom stereocenters. The molecular formula is C13H19ClN2O2.